The Balaban J connectivity index is 2.79. The van der Waals surface area contributed by atoms with Gasteiger partial charge in [0.05, 0.1) is 11.9 Å². The number of rotatable bonds is 5. The molecule has 0 aliphatic heterocycles. The topological polar surface area (TPSA) is 46.2 Å². The molecule has 86 valence electrons. The molecule has 1 heterocycles. The third kappa shape index (κ3) is 3.48. The third-order valence-corrected chi connectivity index (χ3v) is 5.10. The van der Waals surface area contributed by atoms with E-state index in [0.29, 0.717) is 5.25 Å². The molecule has 0 fully saturated rings. The molecule has 3 atom stereocenters. The van der Waals surface area contributed by atoms with Crippen LogP contribution in [-0.4, -0.2) is 23.0 Å². The maximum atomic E-state index is 9.07. The van der Waals surface area contributed by atoms with E-state index in [1.54, 1.807) is 23.1 Å². The van der Waals surface area contributed by atoms with Crippen molar-refractivity contribution in [3.63, 3.8) is 0 Å². The van der Waals surface area contributed by atoms with Crippen molar-refractivity contribution in [1.29, 1.82) is 0 Å². The second kappa shape index (κ2) is 5.89. The number of nitrogens with two attached hydrogens (primary N) is 1. The van der Waals surface area contributed by atoms with Crippen LogP contribution in [0.25, 0.3) is 0 Å². The Morgan fingerprint density at radius 1 is 1.53 bits per heavy atom. The van der Waals surface area contributed by atoms with Gasteiger partial charge in [-0.15, -0.1) is 23.1 Å². The number of aliphatic hydroxyl groups excluding tert-OH is 1. The molecule has 0 aliphatic rings. The summed E-state index contributed by atoms with van der Waals surface area (Å²) in [6.45, 7) is 6.38. The maximum absolute atomic E-state index is 9.07. The number of thioether (sulfide) groups is 1. The second-order valence-electron chi connectivity index (χ2n) is 3.88. The molecule has 0 aromatic carbocycles. The lowest BCUT2D eigenvalue weighted by Crippen LogP contribution is -2.24. The van der Waals surface area contributed by atoms with Gasteiger partial charge >= 0.3 is 0 Å². The smallest absolute Gasteiger partial charge is 0.0547 e. The standard InChI is InChI=1S/C11H19NOS2/c1-7-4-5-14-10(7)11(9(3)12)15-8(2)6-13/h4-5,8-9,11,13H,6,12H2,1-3H3. The fourth-order valence-corrected chi connectivity index (χ4v) is 3.89. The monoisotopic (exact) mass is 245 g/mol. The Labute approximate surface area is 99.9 Å². The normalized spacial score (nSPS) is 17.4. The highest BCUT2D eigenvalue weighted by atomic mass is 32.2. The summed E-state index contributed by atoms with van der Waals surface area (Å²) < 4.78 is 0. The van der Waals surface area contributed by atoms with Crippen molar-refractivity contribution in [3.05, 3.63) is 21.9 Å². The van der Waals surface area contributed by atoms with E-state index in [2.05, 4.69) is 18.4 Å². The zero-order valence-corrected chi connectivity index (χ0v) is 11.1. The van der Waals surface area contributed by atoms with Crippen LogP contribution in [-0.2, 0) is 0 Å². The lowest BCUT2D eigenvalue weighted by Gasteiger charge is -2.22. The van der Waals surface area contributed by atoms with E-state index < -0.39 is 0 Å². The molecule has 1 aromatic heterocycles. The highest BCUT2D eigenvalue weighted by molar-refractivity contribution is 8.00. The van der Waals surface area contributed by atoms with Crippen molar-refractivity contribution in [3.8, 4) is 0 Å². The Bertz CT molecular complexity index is 299. The van der Waals surface area contributed by atoms with Crippen LogP contribution in [0.15, 0.2) is 11.4 Å². The van der Waals surface area contributed by atoms with Gasteiger partial charge in [-0.25, -0.2) is 0 Å². The van der Waals surface area contributed by atoms with Gasteiger partial charge in [-0.2, -0.15) is 0 Å². The third-order valence-electron chi connectivity index (χ3n) is 2.27. The van der Waals surface area contributed by atoms with E-state index in [4.69, 9.17) is 10.8 Å². The summed E-state index contributed by atoms with van der Waals surface area (Å²) in [5, 5.41) is 11.7. The average Bonchev–Trinajstić information content (AvgIpc) is 2.60. The molecule has 0 saturated heterocycles. The Morgan fingerprint density at radius 2 is 2.20 bits per heavy atom. The first-order chi connectivity index (χ1) is 7.06. The van der Waals surface area contributed by atoms with Crippen molar-refractivity contribution < 1.29 is 5.11 Å². The summed E-state index contributed by atoms with van der Waals surface area (Å²) in [5.41, 5.74) is 7.31. The summed E-state index contributed by atoms with van der Waals surface area (Å²) >= 11 is 3.52. The molecule has 0 spiro atoms. The van der Waals surface area contributed by atoms with Gasteiger partial charge in [-0.1, -0.05) is 6.92 Å². The van der Waals surface area contributed by atoms with Crippen molar-refractivity contribution in [2.45, 2.75) is 37.3 Å². The van der Waals surface area contributed by atoms with Gasteiger partial charge in [-0.3, -0.25) is 0 Å². The molecule has 2 nitrogen and oxygen atoms in total. The SMILES string of the molecule is Cc1ccsc1C(SC(C)CO)C(C)N. The van der Waals surface area contributed by atoms with Gasteiger partial charge in [0.25, 0.3) is 0 Å². The summed E-state index contributed by atoms with van der Waals surface area (Å²) in [5.74, 6) is 0. The van der Waals surface area contributed by atoms with Crippen LogP contribution in [0.5, 0.6) is 0 Å². The Kier molecular flexibility index (Phi) is 5.12. The molecule has 3 N–H and O–H groups in total. The molecule has 15 heavy (non-hydrogen) atoms. The number of aliphatic hydroxyl groups is 1. The Hall–Kier alpha value is -0.0300. The molecular weight excluding hydrogens is 226 g/mol. The largest absolute Gasteiger partial charge is 0.395 e. The Morgan fingerprint density at radius 3 is 2.60 bits per heavy atom. The van der Waals surface area contributed by atoms with Crippen LogP contribution in [0.2, 0.25) is 0 Å². The lowest BCUT2D eigenvalue weighted by molar-refractivity contribution is 0.299. The first-order valence-corrected chi connectivity index (χ1v) is 6.94. The highest BCUT2D eigenvalue weighted by Crippen LogP contribution is 2.38. The predicted molar refractivity (Wildman–Crippen MR) is 69.6 cm³/mol. The second-order valence-corrected chi connectivity index (χ2v) is 6.41. The molecule has 0 bridgehead atoms. The zero-order chi connectivity index (χ0) is 11.4. The minimum atomic E-state index is 0.112. The molecule has 4 heteroatoms. The van der Waals surface area contributed by atoms with Gasteiger partial charge in [0.2, 0.25) is 0 Å². The number of thiophene rings is 1. The number of hydrogen-bond donors (Lipinski definition) is 2. The van der Waals surface area contributed by atoms with Crippen molar-refractivity contribution in [2.24, 2.45) is 5.73 Å². The summed E-state index contributed by atoms with van der Waals surface area (Å²) in [4.78, 5) is 1.34. The van der Waals surface area contributed by atoms with Crippen LogP contribution < -0.4 is 5.73 Å². The lowest BCUT2D eigenvalue weighted by atomic mass is 10.1. The fourth-order valence-electron chi connectivity index (χ4n) is 1.39. The summed E-state index contributed by atoms with van der Waals surface area (Å²) in [6, 6.07) is 2.24. The molecule has 0 amide bonds. The quantitative estimate of drug-likeness (QED) is 0.838. The van der Waals surface area contributed by atoms with E-state index in [1.165, 1.54) is 10.4 Å². The van der Waals surface area contributed by atoms with E-state index in [0.717, 1.165) is 0 Å². The van der Waals surface area contributed by atoms with Gasteiger partial charge in [-0.05, 0) is 30.9 Å². The van der Waals surface area contributed by atoms with Crippen LogP contribution in [0.3, 0.4) is 0 Å². The van der Waals surface area contributed by atoms with Crippen molar-refractivity contribution >= 4 is 23.1 Å². The van der Waals surface area contributed by atoms with Gasteiger partial charge in [0.15, 0.2) is 0 Å². The van der Waals surface area contributed by atoms with E-state index >= 15 is 0 Å². The van der Waals surface area contributed by atoms with Crippen molar-refractivity contribution in [1.82, 2.24) is 0 Å². The molecular formula is C11H19NOS2. The van der Waals surface area contributed by atoms with Gasteiger partial charge < -0.3 is 10.8 Å². The maximum Gasteiger partial charge on any atom is 0.0547 e. The number of aryl methyl sites for hydroxylation is 1. The molecule has 1 rings (SSSR count). The first kappa shape index (κ1) is 13.0. The van der Waals surface area contributed by atoms with Crippen LogP contribution in [0.1, 0.15) is 29.5 Å². The van der Waals surface area contributed by atoms with E-state index in [1.807, 2.05) is 13.8 Å². The van der Waals surface area contributed by atoms with Gasteiger partial charge in [0.1, 0.15) is 0 Å². The minimum Gasteiger partial charge on any atom is -0.395 e. The minimum absolute atomic E-state index is 0.112. The summed E-state index contributed by atoms with van der Waals surface area (Å²) in [7, 11) is 0. The highest BCUT2D eigenvalue weighted by Gasteiger charge is 2.22. The van der Waals surface area contributed by atoms with E-state index in [-0.39, 0.29) is 17.9 Å². The van der Waals surface area contributed by atoms with Gasteiger partial charge in [0, 0.05) is 16.2 Å². The van der Waals surface area contributed by atoms with Crippen molar-refractivity contribution in [2.75, 3.05) is 6.61 Å². The molecule has 0 saturated carbocycles. The average molecular weight is 245 g/mol. The first-order valence-electron chi connectivity index (χ1n) is 5.12. The number of hydrogen-bond acceptors (Lipinski definition) is 4. The van der Waals surface area contributed by atoms with Crippen LogP contribution in [0.4, 0.5) is 0 Å². The van der Waals surface area contributed by atoms with Crippen LogP contribution in [0, 0.1) is 6.92 Å². The fraction of sp³-hybridized carbons (Fsp3) is 0.636. The zero-order valence-electron chi connectivity index (χ0n) is 9.43. The predicted octanol–water partition coefficient (Wildman–Crippen LogP) is 2.56. The van der Waals surface area contributed by atoms with E-state index in [9.17, 15) is 0 Å². The molecule has 3 unspecified atom stereocenters. The molecule has 0 aliphatic carbocycles. The van der Waals surface area contributed by atoms with Crippen LogP contribution >= 0.6 is 23.1 Å². The molecule has 1 aromatic rings. The summed E-state index contributed by atoms with van der Waals surface area (Å²) in [6.07, 6.45) is 0. The molecule has 0 radical (unpaired) electrons.